The highest BCUT2D eigenvalue weighted by Gasteiger charge is 2.34. The smallest absolute Gasteiger partial charge is 0.410 e. The Bertz CT molecular complexity index is 510. The number of halogens is 1. The van der Waals surface area contributed by atoms with Gasteiger partial charge in [-0.1, -0.05) is 11.6 Å². The summed E-state index contributed by atoms with van der Waals surface area (Å²) < 4.78 is 7.47. The maximum absolute atomic E-state index is 12.4. The summed E-state index contributed by atoms with van der Waals surface area (Å²) in [7, 11) is 0. The summed E-state index contributed by atoms with van der Waals surface area (Å²) >= 11 is 6.22. The first-order chi connectivity index (χ1) is 9.83. The molecule has 0 bridgehead atoms. The van der Waals surface area contributed by atoms with Crippen molar-refractivity contribution in [1.29, 1.82) is 0 Å². The summed E-state index contributed by atoms with van der Waals surface area (Å²) in [6.45, 7) is 10.4. The molecule has 1 unspecified atom stereocenters. The fourth-order valence-electron chi connectivity index (χ4n) is 2.44. The fourth-order valence-corrected chi connectivity index (χ4v) is 2.71. The topological polar surface area (TPSA) is 59.4 Å². The van der Waals surface area contributed by atoms with Crippen molar-refractivity contribution >= 4 is 17.7 Å². The number of imidazole rings is 1. The number of nitrogens with one attached hydrogen (secondary N) is 1. The highest BCUT2D eigenvalue weighted by atomic mass is 35.5. The van der Waals surface area contributed by atoms with Crippen LogP contribution in [-0.4, -0.2) is 45.8 Å². The first-order valence-corrected chi connectivity index (χ1v) is 7.62. The third kappa shape index (κ3) is 3.68. The summed E-state index contributed by atoms with van der Waals surface area (Å²) in [6, 6.07) is -0.163. The molecular weight excluding hydrogens is 292 g/mol. The lowest BCUT2D eigenvalue weighted by Crippen LogP contribution is -2.50. The zero-order valence-electron chi connectivity index (χ0n) is 13.0. The minimum atomic E-state index is -0.513. The Kier molecular flexibility index (Phi) is 4.78. The summed E-state index contributed by atoms with van der Waals surface area (Å²) in [5.41, 5.74) is 0.346. The molecule has 1 aliphatic rings. The molecule has 118 valence electrons. The van der Waals surface area contributed by atoms with Crippen LogP contribution in [0.3, 0.4) is 0 Å². The molecular formula is C14H23ClN4O2. The van der Waals surface area contributed by atoms with E-state index in [1.165, 1.54) is 0 Å². The van der Waals surface area contributed by atoms with Crippen molar-refractivity contribution in [3.63, 3.8) is 0 Å². The number of rotatable bonds is 2. The molecule has 7 heteroatoms. The van der Waals surface area contributed by atoms with Gasteiger partial charge in [-0.15, -0.1) is 0 Å². The number of ether oxygens (including phenoxy) is 1. The average molecular weight is 315 g/mol. The van der Waals surface area contributed by atoms with Gasteiger partial charge in [0, 0.05) is 26.2 Å². The first kappa shape index (κ1) is 16.1. The van der Waals surface area contributed by atoms with Gasteiger partial charge >= 0.3 is 6.09 Å². The van der Waals surface area contributed by atoms with E-state index in [0.29, 0.717) is 18.2 Å². The highest BCUT2D eigenvalue weighted by molar-refractivity contribution is 6.30. The molecule has 1 fully saturated rings. The molecule has 21 heavy (non-hydrogen) atoms. The largest absolute Gasteiger partial charge is 0.444 e. The summed E-state index contributed by atoms with van der Waals surface area (Å²) in [5.74, 6) is 0. The zero-order chi connectivity index (χ0) is 15.6. The molecule has 2 heterocycles. The Balaban J connectivity index is 2.27. The Morgan fingerprint density at radius 3 is 2.90 bits per heavy atom. The Morgan fingerprint density at radius 1 is 1.57 bits per heavy atom. The van der Waals surface area contributed by atoms with Gasteiger partial charge in [0.05, 0.1) is 18.1 Å². The van der Waals surface area contributed by atoms with E-state index in [9.17, 15) is 4.79 Å². The number of hydrogen-bond donors (Lipinski definition) is 1. The van der Waals surface area contributed by atoms with Crippen LogP contribution in [0.25, 0.3) is 0 Å². The van der Waals surface area contributed by atoms with Crippen molar-refractivity contribution in [2.24, 2.45) is 0 Å². The second-order valence-corrected chi connectivity index (χ2v) is 6.46. The number of nitrogens with zero attached hydrogens (tertiary/aromatic N) is 3. The Hall–Kier alpha value is -1.27. The molecule has 0 radical (unpaired) electrons. The van der Waals surface area contributed by atoms with E-state index in [1.807, 2.05) is 32.3 Å². The van der Waals surface area contributed by atoms with E-state index < -0.39 is 5.60 Å². The number of piperazine rings is 1. The van der Waals surface area contributed by atoms with Gasteiger partial charge in [0.1, 0.15) is 5.60 Å². The van der Waals surface area contributed by atoms with Gasteiger partial charge in [-0.2, -0.15) is 0 Å². The van der Waals surface area contributed by atoms with Crippen molar-refractivity contribution in [2.45, 2.75) is 45.9 Å². The molecule has 1 saturated heterocycles. The third-order valence-electron chi connectivity index (χ3n) is 3.36. The zero-order valence-corrected chi connectivity index (χ0v) is 13.8. The van der Waals surface area contributed by atoms with E-state index in [2.05, 4.69) is 10.3 Å². The molecule has 6 nitrogen and oxygen atoms in total. The summed E-state index contributed by atoms with van der Waals surface area (Å²) in [6.07, 6.45) is 1.40. The molecule has 1 aliphatic heterocycles. The number of aryl methyl sites for hydroxylation is 1. The number of carbonyl (C=O) groups is 1. The summed E-state index contributed by atoms with van der Waals surface area (Å²) in [5, 5.41) is 3.74. The SMILES string of the molecule is CCn1cnc(Cl)c1C1CNCCN1C(=O)OC(C)(C)C. The van der Waals surface area contributed by atoms with Crippen LogP contribution in [0.15, 0.2) is 6.33 Å². The monoisotopic (exact) mass is 314 g/mol. The standard InChI is InChI=1S/C14H23ClN4O2/c1-5-18-9-17-12(15)11(18)10-8-16-6-7-19(10)13(20)21-14(2,3)4/h9-10,16H,5-8H2,1-4H3. The van der Waals surface area contributed by atoms with Crippen molar-refractivity contribution in [1.82, 2.24) is 19.8 Å². The van der Waals surface area contributed by atoms with E-state index >= 15 is 0 Å². The molecule has 0 saturated carbocycles. The Labute approximate surface area is 130 Å². The first-order valence-electron chi connectivity index (χ1n) is 7.24. The van der Waals surface area contributed by atoms with Crippen LogP contribution in [0.4, 0.5) is 4.79 Å². The molecule has 1 atom stereocenters. The second-order valence-electron chi connectivity index (χ2n) is 6.10. The van der Waals surface area contributed by atoms with Crippen LogP contribution >= 0.6 is 11.6 Å². The van der Waals surface area contributed by atoms with E-state index in [0.717, 1.165) is 18.8 Å². The average Bonchev–Trinajstić information content (AvgIpc) is 2.77. The number of carbonyl (C=O) groups excluding carboxylic acids is 1. The number of amides is 1. The molecule has 1 N–H and O–H groups in total. The van der Waals surface area contributed by atoms with Crippen LogP contribution in [0.5, 0.6) is 0 Å². The normalized spacial score (nSPS) is 19.7. The van der Waals surface area contributed by atoms with Gasteiger partial charge in [0.25, 0.3) is 0 Å². The van der Waals surface area contributed by atoms with Crippen molar-refractivity contribution < 1.29 is 9.53 Å². The van der Waals surface area contributed by atoms with Crippen molar-refractivity contribution in [3.05, 3.63) is 17.2 Å². The van der Waals surface area contributed by atoms with Gasteiger partial charge in [-0.05, 0) is 27.7 Å². The quantitative estimate of drug-likeness (QED) is 0.911. The maximum Gasteiger partial charge on any atom is 0.410 e. The van der Waals surface area contributed by atoms with E-state index in [4.69, 9.17) is 16.3 Å². The molecule has 0 aliphatic carbocycles. The van der Waals surface area contributed by atoms with Crippen LogP contribution in [-0.2, 0) is 11.3 Å². The predicted octanol–water partition coefficient (Wildman–Crippen LogP) is 2.44. The van der Waals surface area contributed by atoms with Crippen molar-refractivity contribution in [3.8, 4) is 0 Å². The van der Waals surface area contributed by atoms with Crippen LogP contribution in [0, 0.1) is 0 Å². The minimum Gasteiger partial charge on any atom is -0.444 e. The Morgan fingerprint density at radius 2 is 2.29 bits per heavy atom. The molecule has 1 aromatic rings. The molecule has 1 aromatic heterocycles. The number of aromatic nitrogens is 2. The number of hydrogen-bond acceptors (Lipinski definition) is 4. The van der Waals surface area contributed by atoms with Crippen LogP contribution in [0.2, 0.25) is 5.15 Å². The molecule has 0 spiro atoms. The lowest BCUT2D eigenvalue weighted by Gasteiger charge is -2.37. The molecule has 2 rings (SSSR count). The predicted molar refractivity (Wildman–Crippen MR) is 81.5 cm³/mol. The molecule has 0 aromatic carbocycles. The van der Waals surface area contributed by atoms with E-state index in [1.54, 1.807) is 11.2 Å². The second kappa shape index (κ2) is 6.23. The van der Waals surface area contributed by atoms with Gasteiger partial charge < -0.3 is 14.6 Å². The molecule has 1 amide bonds. The lowest BCUT2D eigenvalue weighted by atomic mass is 10.1. The minimum absolute atomic E-state index is 0.163. The van der Waals surface area contributed by atoms with E-state index in [-0.39, 0.29) is 12.1 Å². The maximum atomic E-state index is 12.4. The fraction of sp³-hybridized carbons (Fsp3) is 0.714. The van der Waals surface area contributed by atoms with Gasteiger partial charge in [-0.25, -0.2) is 9.78 Å². The van der Waals surface area contributed by atoms with Gasteiger partial charge in [0.2, 0.25) is 0 Å². The lowest BCUT2D eigenvalue weighted by molar-refractivity contribution is 0.0110. The van der Waals surface area contributed by atoms with Crippen LogP contribution in [0.1, 0.15) is 39.4 Å². The van der Waals surface area contributed by atoms with Gasteiger partial charge in [0.15, 0.2) is 5.15 Å². The van der Waals surface area contributed by atoms with Crippen molar-refractivity contribution in [2.75, 3.05) is 19.6 Å². The van der Waals surface area contributed by atoms with Crippen LogP contribution < -0.4 is 5.32 Å². The summed E-state index contributed by atoms with van der Waals surface area (Å²) in [4.78, 5) is 18.3. The highest BCUT2D eigenvalue weighted by Crippen LogP contribution is 2.29. The third-order valence-corrected chi connectivity index (χ3v) is 3.65. The van der Waals surface area contributed by atoms with Gasteiger partial charge in [-0.3, -0.25) is 4.90 Å².